The van der Waals surface area contributed by atoms with Gasteiger partial charge in [-0.25, -0.2) is 9.97 Å². The first-order valence-corrected chi connectivity index (χ1v) is 7.08. The molecular formula is C14H25N5O. The molecule has 112 valence electrons. The van der Waals surface area contributed by atoms with Crippen LogP contribution in [0, 0.1) is 0 Å². The van der Waals surface area contributed by atoms with E-state index in [4.69, 9.17) is 0 Å². The zero-order chi connectivity index (χ0) is 15.0. The molecule has 1 rings (SSSR count). The number of aromatic nitrogens is 2. The van der Waals surface area contributed by atoms with Crippen LogP contribution in [0.4, 0.5) is 5.82 Å². The second-order valence-electron chi connectivity index (χ2n) is 4.84. The first kappa shape index (κ1) is 16.4. The minimum atomic E-state index is -0.164. The SMILES string of the molecule is CCN(CC)c1cnc(C(=O)NCCCN(C)C)cn1. The van der Waals surface area contributed by atoms with E-state index in [0.717, 1.165) is 31.9 Å². The third-order valence-corrected chi connectivity index (χ3v) is 3.03. The van der Waals surface area contributed by atoms with Crippen LogP contribution in [0.5, 0.6) is 0 Å². The number of hydrogen-bond acceptors (Lipinski definition) is 5. The maximum Gasteiger partial charge on any atom is 0.271 e. The molecule has 0 unspecified atom stereocenters. The normalized spacial score (nSPS) is 10.7. The predicted molar refractivity (Wildman–Crippen MR) is 81.1 cm³/mol. The van der Waals surface area contributed by atoms with Crippen molar-refractivity contribution in [2.45, 2.75) is 20.3 Å². The molecule has 0 fully saturated rings. The summed E-state index contributed by atoms with van der Waals surface area (Å²) in [6, 6.07) is 0. The summed E-state index contributed by atoms with van der Waals surface area (Å²) >= 11 is 0. The summed E-state index contributed by atoms with van der Waals surface area (Å²) in [6.07, 6.45) is 4.11. The Kier molecular flexibility index (Phi) is 6.93. The molecule has 1 aromatic rings. The zero-order valence-corrected chi connectivity index (χ0v) is 12.9. The Hall–Kier alpha value is -1.69. The van der Waals surface area contributed by atoms with Crippen LogP contribution in [-0.2, 0) is 0 Å². The van der Waals surface area contributed by atoms with Crippen LogP contribution >= 0.6 is 0 Å². The van der Waals surface area contributed by atoms with E-state index in [1.165, 1.54) is 6.20 Å². The molecule has 0 saturated heterocycles. The van der Waals surface area contributed by atoms with Crippen molar-refractivity contribution >= 4 is 11.7 Å². The zero-order valence-electron chi connectivity index (χ0n) is 12.9. The second kappa shape index (κ2) is 8.47. The smallest absolute Gasteiger partial charge is 0.271 e. The van der Waals surface area contributed by atoms with Gasteiger partial charge in [0.15, 0.2) is 0 Å². The molecule has 1 aromatic heterocycles. The first-order valence-electron chi connectivity index (χ1n) is 7.08. The van der Waals surface area contributed by atoms with E-state index >= 15 is 0 Å². The molecule has 0 saturated carbocycles. The van der Waals surface area contributed by atoms with E-state index < -0.39 is 0 Å². The fourth-order valence-corrected chi connectivity index (χ4v) is 1.84. The van der Waals surface area contributed by atoms with E-state index in [-0.39, 0.29) is 5.91 Å². The largest absolute Gasteiger partial charge is 0.356 e. The molecule has 20 heavy (non-hydrogen) atoms. The molecule has 0 atom stereocenters. The Labute approximate surface area is 121 Å². The van der Waals surface area contributed by atoms with Crippen molar-refractivity contribution in [2.24, 2.45) is 0 Å². The Morgan fingerprint density at radius 3 is 2.40 bits per heavy atom. The van der Waals surface area contributed by atoms with Crippen LogP contribution in [-0.4, -0.2) is 61.0 Å². The third-order valence-electron chi connectivity index (χ3n) is 3.03. The van der Waals surface area contributed by atoms with Gasteiger partial charge in [0.1, 0.15) is 11.5 Å². The van der Waals surface area contributed by atoms with Crippen LogP contribution in [0.2, 0.25) is 0 Å². The lowest BCUT2D eigenvalue weighted by Gasteiger charge is -2.18. The summed E-state index contributed by atoms with van der Waals surface area (Å²) in [5, 5.41) is 2.85. The summed E-state index contributed by atoms with van der Waals surface area (Å²) in [7, 11) is 4.03. The highest BCUT2D eigenvalue weighted by Crippen LogP contribution is 2.07. The fraction of sp³-hybridized carbons (Fsp3) is 0.643. The molecule has 0 bridgehead atoms. The van der Waals surface area contributed by atoms with Gasteiger partial charge < -0.3 is 15.1 Å². The van der Waals surface area contributed by atoms with Crippen LogP contribution in [0.15, 0.2) is 12.4 Å². The molecule has 1 amide bonds. The van der Waals surface area contributed by atoms with Gasteiger partial charge in [-0.1, -0.05) is 0 Å². The number of nitrogens with zero attached hydrogens (tertiary/aromatic N) is 4. The minimum absolute atomic E-state index is 0.164. The Bertz CT molecular complexity index is 401. The Morgan fingerprint density at radius 1 is 1.20 bits per heavy atom. The van der Waals surface area contributed by atoms with Crippen LogP contribution in [0.25, 0.3) is 0 Å². The molecule has 0 aliphatic carbocycles. The summed E-state index contributed by atoms with van der Waals surface area (Å²) < 4.78 is 0. The quantitative estimate of drug-likeness (QED) is 0.720. The van der Waals surface area contributed by atoms with Crippen molar-refractivity contribution in [2.75, 3.05) is 45.2 Å². The topological polar surface area (TPSA) is 61.4 Å². The van der Waals surface area contributed by atoms with Gasteiger partial charge in [0, 0.05) is 19.6 Å². The molecule has 0 spiro atoms. The minimum Gasteiger partial charge on any atom is -0.356 e. The highest BCUT2D eigenvalue weighted by molar-refractivity contribution is 5.91. The fourth-order valence-electron chi connectivity index (χ4n) is 1.84. The van der Waals surface area contributed by atoms with Gasteiger partial charge in [-0.2, -0.15) is 0 Å². The van der Waals surface area contributed by atoms with E-state index in [2.05, 4.69) is 38.9 Å². The summed E-state index contributed by atoms with van der Waals surface area (Å²) in [5.41, 5.74) is 0.366. The summed E-state index contributed by atoms with van der Waals surface area (Å²) in [6.45, 7) is 7.49. The number of carbonyl (C=O) groups is 1. The Morgan fingerprint density at radius 2 is 1.90 bits per heavy atom. The lowest BCUT2D eigenvalue weighted by Crippen LogP contribution is -2.28. The van der Waals surface area contributed by atoms with Gasteiger partial charge in [-0.3, -0.25) is 4.79 Å². The van der Waals surface area contributed by atoms with Gasteiger partial charge in [0.2, 0.25) is 0 Å². The van der Waals surface area contributed by atoms with Crippen molar-refractivity contribution in [1.29, 1.82) is 0 Å². The van der Waals surface area contributed by atoms with E-state index in [1.54, 1.807) is 6.20 Å². The molecule has 0 radical (unpaired) electrons. The highest BCUT2D eigenvalue weighted by Gasteiger charge is 2.09. The molecule has 6 heteroatoms. The third kappa shape index (κ3) is 5.13. The van der Waals surface area contributed by atoms with Crippen LogP contribution in [0.1, 0.15) is 30.8 Å². The van der Waals surface area contributed by atoms with Crippen molar-refractivity contribution in [3.8, 4) is 0 Å². The van der Waals surface area contributed by atoms with Gasteiger partial charge in [-0.05, 0) is 40.9 Å². The van der Waals surface area contributed by atoms with E-state index in [9.17, 15) is 4.79 Å². The molecule has 0 aromatic carbocycles. The average molecular weight is 279 g/mol. The van der Waals surface area contributed by atoms with Crippen molar-refractivity contribution < 1.29 is 4.79 Å². The van der Waals surface area contributed by atoms with Crippen molar-refractivity contribution in [1.82, 2.24) is 20.2 Å². The van der Waals surface area contributed by atoms with Gasteiger partial charge >= 0.3 is 0 Å². The Balaban J connectivity index is 2.49. The van der Waals surface area contributed by atoms with Gasteiger partial charge in [0.25, 0.3) is 5.91 Å². The maximum absolute atomic E-state index is 11.9. The molecule has 0 aliphatic heterocycles. The molecule has 1 heterocycles. The summed E-state index contributed by atoms with van der Waals surface area (Å²) in [4.78, 5) is 24.5. The number of carbonyl (C=O) groups excluding carboxylic acids is 1. The van der Waals surface area contributed by atoms with Gasteiger partial charge in [-0.15, -0.1) is 0 Å². The van der Waals surface area contributed by atoms with E-state index in [1.807, 2.05) is 14.1 Å². The van der Waals surface area contributed by atoms with Crippen LogP contribution < -0.4 is 10.2 Å². The number of rotatable bonds is 8. The lowest BCUT2D eigenvalue weighted by atomic mass is 10.3. The standard InChI is InChI=1S/C14H25N5O/c1-5-19(6-2)13-11-16-12(10-17-13)14(20)15-8-7-9-18(3)4/h10-11H,5-9H2,1-4H3,(H,15,20). The molecular weight excluding hydrogens is 254 g/mol. The maximum atomic E-state index is 11.9. The monoisotopic (exact) mass is 279 g/mol. The molecule has 1 N–H and O–H groups in total. The van der Waals surface area contributed by atoms with E-state index in [0.29, 0.717) is 12.2 Å². The van der Waals surface area contributed by atoms with Crippen molar-refractivity contribution in [3.63, 3.8) is 0 Å². The number of amides is 1. The number of hydrogen-bond donors (Lipinski definition) is 1. The summed E-state index contributed by atoms with van der Waals surface area (Å²) in [5.74, 6) is 0.640. The average Bonchev–Trinajstić information content (AvgIpc) is 2.45. The second-order valence-corrected chi connectivity index (χ2v) is 4.84. The van der Waals surface area contributed by atoms with Crippen molar-refractivity contribution in [3.05, 3.63) is 18.1 Å². The van der Waals surface area contributed by atoms with Gasteiger partial charge in [0.05, 0.1) is 12.4 Å². The molecule has 0 aliphatic rings. The lowest BCUT2D eigenvalue weighted by molar-refractivity contribution is 0.0947. The van der Waals surface area contributed by atoms with Crippen LogP contribution in [0.3, 0.4) is 0 Å². The number of anilines is 1. The number of nitrogens with one attached hydrogen (secondary N) is 1. The first-order chi connectivity index (χ1) is 9.58. The predicted octanol–water partition coefficient (Wildman–Crippen LogP) is 1.00. The molecule has 6 nitrogen and oxygen atoms in total. The highest BCUT2D eigenvalue weighted by atomic mass is 16.1.